The Kier molecular flexibility index (Phi) is 3.66. The Balaban J connectivity index is 2.45. The molecule has 1 heterocycles. The third kappa shape index (κ3) is 2.50. The Morgan fingerprint density at radius 2 is 2.16 bits per heavy atom. The Hall–Kier alpha value is -2.15. The van der Waals surface area contributed by atoms with Crippen molar-refractivity contribution >= 4 is 22.3 Å². The first-order valence-corrected chi connectivity index (χ1v) is 6.07. The average Bonchev–Trinajstić information content (AvgIpc) is 2.79. The van der Waals surface area contributed by atoms with E-state index in [0.29, 0.717) is 10.8 Å². The Bertz CT molecular complexity index is 627. The zero-order valence-corrected chi connectivity index (χ0v) is 11.1. The summed E-state index contributed by atoms with van der Waals surface area (Å²) < 4.78 is 23.3. The predicted octanol–water partition coefficient (Wildman–Crippen LogP) is 2.33. The monoisotopic (exact) mass is 282 g/mol. The number of ether oxygens (including phenoxy) is 2. The lowest BCUT2D eigenvalue weighted by atomic mass is 10.2. The first kappa shape index (κ1) is 13.3. The van der Waals surface area contributed by atoms with Crippen LogP contribution < -0.4 is 10.5 Å². The summed E-state index contributed by atoms with van der Waals surface area (Å²) in [5, 5.41) is 0.509. The van der Waals surface area contributed by atoms with Crippen LogP contribution in [0.15, 0.2) is 18.2 Å². The van der Waals surface area contributed by atoms with E-state index >= 15 is 0 Å². The van der Waals surface area contributed by atoms with Crippen LogP contribution in [-0.4, -0.2) is 25.2 Å². The first-order chi connectivity index (χ1) is 9.06. The molecule has 0 radical (unpaired) electrons. The molecular formula is C12H11FN2O3S. The number of carbonyl (C=O) groups excluding carboxylic acids is 1. The lowest BCUT2D eigenvalue weighted by Crippen LogP contribution is -2.04. The zero-order valence-electron chi connectivity index (χ0n) is 10.3. The molecule has 2 rings (SSSR count). The molecule has 1 aromatic carbocycles. The maximum Gasteiger partial charge on any atom is 0.359 e. The number of aromatic nitrogens is 1. The van der Waals surface area contributed by atoms with Crippen molar-refractivity contribution in [2.45, 2.75) is 0 Å². The van der Waals surface area contributed by atoms with Crippen molar-refractivity contribution in [3.8, 4) is 16.3 Å². The molecule has 0 saturated heterocycles. The number of esters is 1. The van der Waals surface area contributed by atoms with E-state index in [9.17, 15) is 9.18 Å². The highest BCUT2D eigenvalue weighted by molar-refractivity contribution is 7.19. The highest BCUT2D eigenvalue weighted by Crippen LogP contribution is 2.33. The van der Waals surface area contributed by atoms with Crippen LogP contribution in [0.4, 0.5) is 9.39 Å². The van der Waals surface area contributed by atoms with Crippen LogP contribution in [0.3, 0.4) is 0 Å². The second-order valence-electron chi connectivity index (χ2n) is 3.57. The molecule has 5 nitrogen and oxygen atoms in total. The fourth-order valence-electron chi connectivity index (χ4n) is 1.49. The summed E-state index contributed by atoms with van der Waals surface area (Å²) in [4.78, 5) is 15.4. The molecule has 0 aliphatic carbocycles. The van der Waals surface area contributed by atoms with Gasteiger partial charge in [-0.25, -0.2) is 14.2 Å². The van der Waals surface area contributed by atoms with Gasteiger partial charge in [0.05, 0.1) is 14.2 Å². The van der Waals surface area contributed by atoms with E-state index < -0.39 is 11.8 Å². The van der Waals surface area contributed by atoms with Gasteiger partial charge in [-0.2, -0.15) is 0 Å². The van der Waals surface area contributed by atoms with Crippen molar-refractivity contribution in [1.29, 1.82) is 0 Å². The van der Waals surface area contributed by atoms with E-state index in [2.05, 4.69) is 9.72 Å². The molecule has 2 aromatic rings. The summed E-state index contributed by atoms with van der Waals surface area (Å²) in [6, 6.07) is 4.37. The molecular weight excluding hydrogens is 271 g/mol. The highest BCUT2D eigenvalue weighted by atomic mass is 32.1. The molecule has 1 aromatic heterocycles. The van der Waals surface area contributed by atoms with Crippen LogP contribution in [0, 0.1) is 5.82 Å². The SMILES string of the molecule is COC(=O)c1nc(-c2ccc(OC)cc2F)sc1N. The van der Waals surface area contributed by atoms with Gasteiger partial charge in [0.1, 0.15) is 21.6 Å². The summed E-state index contributed by atoms with van der Waals surface area (Å²) in [6.07, 6.45) is 0. The van der Waals surface area contributed by atoms with Crippen molar-refractivity contribution < 1.29 is 18.7 Å². The Labute approximate surface area is 112 Å². The van der Waals surface area contributed by atoms with Gasteiger partial charge in [-0.3, -0.25) is 0 Å². The predicted molar refractivity (Wildman–Crippen MR) is 69.8 cm³/mol. The van der Waals surface area contributed by atoms with Crippen LogP contribution in [0.25, 0.3) is 10.6 Å². The van der Waals surface area contributed by atoms with E-state index in [1.807, 2.05) is 0 Å². The highest BCUT2D eigenvalue weighted by Gasteiger charge is 2.19. The minimum Gasteiger partial charge on any atom is -0.497 e. The van der Waals surface area contributed by atoms with Crippen molar-refractivity contribution in [2.75, 3.05) is 20.0 Å². The summed E-state index contributed by atoms with van der Waals surface area (Å²) in [5.41, 5.74) is 5.92. The van der Waals surface area contributed by atoms with Gasteiger partial charge in [0.2, 0.25) is 0 Å². The van der Waals surface area contributed by atoms with Crippen LogP contribution in [0.5, 0.6) is 5.75 Å². The third-order valence-corrected chi connectivity index (χ3v) is 3.36. The average molecular weight is 282 g/mol. The Morgan fingerprint density at radius 3 is 2.74 bits per heavy atom. The standard InChI is InChI=1S/C12H11FN2O3S/c1-17-6-3-4-7(8(13)5-6)11-15-9(10(14)19-11)12(16)18-2/h3-5H,14H2,1-2H3. The molecule has 2 N–H and O–H groups in total. The number of nitrogen functional groups attached to an aromatic ring is 1. The number of carbonyl (C=O) groups is 1. The summed E-state index contributed by atoms with van der Waals surface area (Å²) in [6.45, 7) is 0. The van der Waals surface area contributed by atoms with E-state index in [0.717, 1.165) is 11.3 Å². The minimum atomic E-state index is -0.645. The fourth-order valence-corrected chi connectivity index (χ4v) is 2.33. The number of rotatable bonds is 3. The van der Waals surface area contributed by atoms with E-state index in [1.165, 1.54) is 26.4 Å². The van der Waals surface area contributed by atoms with Gasteiger partial charge in [0, 0.05) is 11.6 Å². The number of halogens is 1. The molecule has 0 amide bonds. The molecule has 0 atom stereocenters. The number of benzene rings is 1. The maximum atomic E-state index is 13.9. The summed E-state index contributed by atoms with van der Waals surface area (Å²) in [5.74, 6) is -0.739. The molecule has 0 aliphatic rings. The third-order valence-electron chi connectivity index (χ3n) is 2.44. The molecule has 0 saturated carbocycles. The van der Waals surface area contributed by atoms with Crippen LogP contribution in [-0.2, 0) is 4.74 Å². The van der Waals surface area contributed by atoms with Crippen molar-refractivity contribution in [3.05, 3.63) is 29.7 Å². The molecule has 0 spiro atoms. The van der Waals surface area contributed by atoms with Gasteiger partial charge in [0.15, 0.2) is 5.69 Å². The number of hydrogen-bond donors (Lipinski definition) is 1. The van der Waals surface area contributed by atoms with E-state index in [4.69, 9.17) is 10.5 Å². The largest absolute Gasteiger partial charge is 0.497 e. The van der Waals surface area contributed by atoms with E-state index in [-0.39, 0.29) is 16.3 Å². The molecule has 7 heteroatoms. The van der Waals surface area contributed by atoms with Gasteiger partial charge in [0.25, 0.3) is 0 Å². The maximum absolute atomic E-state index is 13.9. The second kappa shape index (κ2) is 5.23. The minimum absolute atomic E-state index is 0.00211. The van der Waals surface area contributed by atoms with Gasteiger partial charge < -0.3 is 15.2 Å². The number of anilines is 1. The number of thiazole rings is 1. The molecule has 19 heavy (non-hydrogen) atoms. The van der Waals surface area contributed by atoms with E-state index in [1.54, 1.807) is 6.07 Å². The van der Waals surface area contributed by atoms with Crippen LogP contribution in [0.2, 0.25) is 0 Å². The summed E-state index contributed by atoms with van der Waals surface area (Å²) >= 11 is 1.02. The van der Waals surface area contributed by atoms with Gasteiger partial charge in [-0.15, -0.1) is 0 Å². The van der Waals surface area contributed by atoms with Crippen molar-refractivity contribution in [1.82, 2.24) is 4.98 Å². The number of methoxy groups -OCH3 is 2. The van der Waals surface area contributed by atoms with Gasteiger partial charge in [-0.1, -0.05) is 11.3 Å². The quantitative estimate of drug-likeness (QED) is 0.874. The Morgan fingerprint density at radius 1 is 1.42 bits per heavy atom. The topological polar surface area (TPSA) is 74.4 Å². The summed E-state index contributed by atoms with van der Waals surface area (Å²) in [7, 11) is 2.68. The lowest BCUT2D eigenvalue weighted by molar-refractivity contribution is 0.0596. The van der Waals surface area contributed by atoms with Crippen molar-refractivity contribution in [2.24, 2.45) is 0 Å². The molecule has 100 valence electrons. The smallest absolute Gasteiger partial charge is 0.359 e. The molecule has 0 fully saturated rings. The molecule has 0 unspecified atom stereocenters. The van der Waals surface area contributed by atoms with Gasteiger partial charge in [-0.05, 0) is 12.1 Å². The number of hydrogen-bond acceptors (Lipinski definition) is 6. The van der Waals surface area contributed by atoms with Crippen LogP contribution >= 0.6 is 11.3 Å². The second-order valence-corrected chi connectivity index (χ2v) is 4.60. The fraction of sp³-hybridized carbons (Fsp3) is 0.167. The lowest BCUT2D eigenvalue weighted by Gasteiger charge is -2.02. The first-order valence-electron chi connectivity index (χ1n) is 5.25. The van der Waals surface area contributed by atoms with Crippen LogP contribution in [0.1, 0.15) is 10.5 Å². The number of nitrogens with zero attached hydrogens (tertiary/aromatic N) is 1. The molecule has 0 bridgehead atoms. The van der Waals surface area contributed by atoms with Gasteiger partial charge >= 0.3 is 5.97 Å². The zero-order chi connectivity index (χ0) is 14.0. The number of nitrogens with two attached hydrogens (primary N) is 1. The molecule has 0 aliphatic heterocycles. The normalized spacial score (nSPS) is 10.3. The van der Waals surface area contributed by atoms with Crippen molar-refractivity contribution in [3.63, 3.8) is 0 Å².